The second-order valence-corrected chi connectivity index (χ2v) is 10.2. The summed E-state index contributed by atoms with van der Waals surface area (Å²) in [4.78, 5) is 14.2. The van der Waals surface area contributed by atoms with Crippen molar-refractivity contribution in [3.8, 4) is 0 Å². The van der Waals surface area contributed by atoms with Gasteiger partial charge in [-0.3, -0.25) is 0 Å². The topological polar surface area (TPSA) is 69.6 Å². The predicted octanol–water partition coefficient (Wildman–Crippen LogP) is 2.90. The molecule has 2 saturated heterocycles. The number of hydrogen-bond donors (Lipinski definition) is 0. The third-order valence-corrected chi connectivity index (χ3v) is 8.06. The zero-order valence-corrected chi connectivity index (χ0v) is 19.0. The van der Waals surface area contributed by atoms with Gasteiger partial charge in [0.15, 0.2) is 0 Å². The van der Waals surface area contributed by atoms with Crippen molar-refractivity contribution in [2.24, 2.45) is 0 Å². The third kappa shape index (κ3) is 4.30. The van der Waals surface area contributed by atoms with Crippen LogP contribution < -0.4 is 9.80 Å². The van der Waals surface area contributed by atoms with E-state index in [9.17, 15) is 8.42 Å². The lowest BCUT2D eigenvalue weighted by atomic mass is 10.1. The summed E-state index contributed by atoms with van der Waals surface area (Å²) in [5, 5.41) is 0. The molecule has 0 bridgehead atoms. The standard InChI is InChI=1S/C22H31N5O2S/c1-17-7-8-20(18(2)15-17)30(28,29)27-13-11-26(12-14-27)22-16-21(23-19(3)24-22)25-9-5-4-6-10-25/h7-8,15-16H,4-6,9-14H2,1-3H3. The number of benzene rings is 1. The third-order valence-electron chi connectivity index (χ3n) is 6.00. The molecule has 0 radical (unpaired) electrons. The number of piperidine rings is 1. The van der Waals surface area contributed by atoms with E-state index in [1.165, 1.54) is 19.3 Å². The molecule has 1 aromatic carbocycles. The maximum absolute atomic E-state index is 13.2. The highest BCUT2D eigenvalue weighted by atomic mass is 32.2. The molecular formula is C22H31N5O2S. The van der Waals surface area contributed by atoms with Crippen LogP contribution in [-0.2, 0) is 10.0 Å². The molecule has 2 aliphatic heterocycles. The molecule has 0 atom stereocenters. The molecule has 2 fully saturated rings. The van der Waals surface area contributed by atoms with Crippen LogP contribution in [0.15, 0.2) is 29.2 Å². The Balaban J connectivity index is 1.48. The monoisotopic (exact) mass is 429 g/mol. The molecule has 30 heavy (non-hydrogen) atoms. The van der Waals surface area contributed by atoms with Gasteiger partial charge in [0.05, 0.1) is 4.90 Å². The van der Waals surface area contributed by atoms with Crippen molar-refractivity contribution in [3.05, 3.63) is 41.2 Å². The van der Waals surface area contributed by atoms with Crippen LogP contribution in [0.4, 0.5) is 11.6 Å². The molecule has 7 nitrogen and oxygen atoms in total. The summed E-state index contributed by atoms with van der Waals surface area (Å²) in [5.74, 6) is 2.65. The maximum atomic E-state index is 13.2. The smallest absolute Gasteiger partial charge is 0.243 e. The number of nitrogens with zero attached hydrogens (tertiary/aromatic N) is 5. The summed E-state index contributed by atoms with van der Waals surface area (Å²) in [6, 6.07) is 7.58. The van der Waals surface area contributed by atoms with Crippen molar-refractivity contribution < 1.29 is 8.42 Å². The van der Waals surface area contributed by atoms with Crippen LogP contribution in [0.5, 0.6) is 0 Å². The van der Waals surface area contributed by atoms with Gasteiger partial charge in [0.2, 0.25) is 10.0 Å². The zero-order valence-electron chi connectivity index (χ0n) is 18.1. The molecule has 0 amide bonds. The fourth-order valence-electron chi connectivity index (χ4n) is 4.37. The number of anilines is 2. The maximum Gasteiger partial charge on any atom is 0.243 e. The molecular weight excluding hydrogens is 398 g/mol. The SMILES string of the molecule is Cc1ccc(S(=O)(=O)N2CCN(c3cc(N4CCCCC4)nc(C)n3)CC2)c(C)c1. The van der Waals surface area contributed by atoms with Crippen LogP contribution in [0.1, 0.15) is 36.2 Å². The van der Waals surface area contributed by atoms with Gasteiger partial charge in [0, 0.05) is 45.3 Å². The van der Waals surface area contributed by atoms with Gasteiger partial charge in [-0.25, -0.2) is 18.4 Å². The molecule has 2 aromatic rings. The van der Waals surface area contributed by atoms with E-state index in [4.69, 9.17) is 0 Å². The van der Waals surface area contributed by atoms with E-state index in [0.717, 1.165) is 41.7 Å². The van der Waals surface area contributed by atoms with Crippen LogP contribution >= 0.6 is 0 Å². The summed E-state index contributed by atoms with van der Waals surface area (Å²) in [6.07, 6.45) is 3.69. The molecule has 4 rings (SSSR count). The summed E-state index contributed by atoms with van der Waals surface area (Å²) < 4.78 is 27.9. The Hall–Kier alpha value is -2.19. The Morgan fingerprint density at radius 3 is 1.97 bits per heavy atom. The van der Waals surface area contributed by atoms with Crippen molar-refractivity contribution in [2.75, 3.05) is 49.1 Å². The average Bonchev–Trinajstić information content (AvgIpc) is 2.74. The normalized spacial score (nSPS) is 18.6. The Labute approximate surface area is 179 Å². The second kappa shape index (κ2) is 8.51. The highest BCUT2D eigenvalue weighted by Gasteiger charge is 2.30. The quantitative estimate of drug-likeness (QED) is 0.744. The number of rotatable bonds is 4. The Bertz CT molecular complexity index is 1010. The van der Waals surface area contributed by atoms with Crippen LogP contribution in [0.25, 0.3) is 0 Å². The van der Waals surface area contributed by atoms with Crippen molar-refractivity contribution >= 4 is 21.7 Å². The van der Waals surface area contributed by atoms with Gasteiger partial charge in [0.1, 0.15) is 17.5 Å². The van der Waals surface area contributed by atoms with Crippen LogP contribution in [-0.4, -0.2) is 62.0 Å². The number of sulfonamides is 1. The highest BCUT2D eigenvalue weighted by Crippen LogP contribution is 2.26. The molecule has 0 aliphatic carbocycles. The minimum Gasteiger partial charge on any atom is -0.356 e. The van der Waals surface area contributed by atoms with E-state index >= 15 is 0 Å². The van der Waals surface area contributed by atoms with Gasteiger partial charge in [0.25, 0.3) is 0 Å². The fourth-order valence-corrected chi connectivity index (χ4v) is 6.00. The van der Waals surface area contributed by atoms with E-state index in [2.05, 4.69) is 25.8 Å². The van der Waals surface area contributed by atoms with Gasteiger partial charge in [-0.2, -0.15) is 4.31 Å². The number of hydrogen-bond acceptors (Lipinski definition) is 6. The summed E-state index contributed by atoms with van der Waals surface area (Å²) in [6.45, 7) is 10.0. The first kappa shape index (κ1) is 21.1. The van der Waals surface area contributed by atoms with Gasteiger partial charge in [-0.1, -0.05) is 17.7 Å². The lowest BCUT2D eigenvalue weighted by Crippen LogP contribution is -2.49. The highest BCUT2D eigenvalue weighted by molar-refractivity contribution is 7.89. The predicted molar refractivity (Wildman–Crippen MR) is 120 cm³/mol. The molecule has 0 spiro atoms. The molecule has 0 saturated carbocycles. The summed E-state index contributed by atoms with van der Waals surface area (Å²) in [5.41, 5.74) is 1.87. The Morgan fingerprint density at radius 1 is 0.767 bits per heavy atom. The van der Waals surface area contributed by atoms with Gasteiger partial charge >= 0.3 is 0 Å². The van der Waals surface area contributed by atoms with E-state index in [-0.39, 0.29) is 0 Å². The first-order valence-corrected chi connectivity index (χ1v) is 12.2. The molecule has 162 valence electrons. The van der Waals surface area contributed by atoms with Crippen LogP contribution in [0.3, 0.4) is 0 Å². The summed E-state index contributed by atoms with van der Waals surface area (Å²) >= 11 is 0. The minimum atomic E-state index is -3.48. The molecule has 0 N–H and O–H groups in total. The molecule has 1 aromatic heterocycles. The average molecular weight is 430 g/mol. The van der Waals surface area contributed by atoms with E-state index < -0.39 is 10.0 Å². The van der Waals surface area contributed by atoms with Crippen molar-refractivity contribution in [3.63, 3.8) is 0 Å². The van der Waals surface area contributed by atoms with Gasteiger partial charge in [-0.05, 0) is 51.7 Å². The van der Waals surface area contributed by atoms with Gasteiger partial charge in [-0.15, -0.1) is 0 Å². The first-order chi connectivity index (χ1) is 14.3. The lowest BCUT2D eigenvalue weighted by Gasteiger charge is -2.35. The van der Waals surface area contributed by atoms with Crippen molar-refractivity contribution in [1.82, 2.24) is 14.3 Å². The van der Waals surface area contributed by atoms with E-state index in [0.29, 0.717) is 31.1 Å². The minimum absolute atomic E-state index is 0.409. The van der Waals surface area contributed by atoms with Gasteiger partial charge < -0.3 is 9.80 Å². The second-order valence-electron chi connectivity index (χ2n) is 8.34. The number of aryl methyl sites for hydroxylation is 3. The van der Waals surface area contributed by atoms with Crippen LogP contribution in [0, 0.1) is 20.8 Å². The number of piperazine rings is 1. The first-order valence-electron chi connectivity index (χ1n) is 10.8. The molecule has 8 heteroatoms. The summed E-state index contributed by atoms with van der Waals surface area (Å²) in [7, 11) is -3.48. The van der Waals surface area contributed by atoms with Crippen LogP contribution in [0.2, 0.25) is 0 Å². The van der Waals surface area contributed by atoms with E-state index in [1.54, 1.807) is 10.4 Å². The van der Waals surface area contributed by atoms with E-state index in [1.807, 2.05) is 32.9 Å². The fraction of sp³-hybridized carbons (Fsp3) is 0.545. The Kier molecular flexibility index (Phi) is 5.97. The largest absolute Gasteiger partial charge is 0.356 e. The zero-order chi connectivity index (χ0) is 21.3. The van der Waals surface area contributed by atoms with Crippen molar-refractivity contribution in [2.45, 2.75) is 44.9 Å². The lowest BCUT2D eigenvalue weighted by molar-refractivity contribution is 0.383. The molecule has 2 aliphatic rings. The molecule has 3 heterocycles. The number of aromatic nitrogens is 2. The molecule has 0 unspecified atom stereocenters. The Morgan fingerprint density at radius 2 is 1.37 bits per heavy atom. The van der Waals surface area contributed by atoms with Crippen molar-refractivity contribution in [1.29, 1.82) is 0 Å².